The van der Waals surface area contributed by atoms with Crippen molar-refractivity contribution in [2.24, 2.45) is 0 Å². The Balaban J connectivity index is 2.47. The minimum atomic E-state index is 0.272. The van der Waals surface area contributed by atoms with Gasteiger partial charge in [0.25, 0.3) is 0 Å². The van der Waals surface area contributed by atoms with E-state index < -0.39 is 0 Å². The largest absolute Gasteiger partial charge is 0.506 e. The lowest BCUT2D eigenvalue weighted by atomic mass is 9.94. The number of benzene rings is 1. The molecule has 2 N–H and O–H groups in total. The SMILES string of the molecule is Cc1cc(C2CCNC2)c(O)c(Cl)c1C. The molecule has 1 fully saturated rings. The van der Waals surface area contributed by atoms with E-state index in [9.17, 15) is 5.11 Å². The smallest absolute Gasteiger partial charge is 0.137 e. The molecule has 0 amide bonds. The maximum absolute atomic E-state index is 10.0. The first-order valence-electron chi connectivity index (χ1n) is 5.30. The fraction of sp³-hybridized carbons (Fsp3) is 0.500. The van der Waals surface area contributed by atoms with Crippen LogP contribution in [0.5, 0.6) is 5.75 Å². The molecule has 0 saturated carbocycles. The average Bonchev–Trinajstić information content (AvgIpc) is 2.73. The summed E-state index contributed by atoms with van der Waals surface area (Å²) in [4.78, 5) is 0. The first kappa shape index (κ1) is 10.8. The predicted molar refractivity (Wildman–Crippen MR) is 62.8 cm³/mol. The van der Waals surface area contributed by atoms with Crippen molar-refractivity contribution >= 4 is 11.6 Å². The summed E-state index contributed by atoms with van der Waals surface area (Å²) in [6.07, 6.45) is 1.08. The van der Waals surface area contributed by atoms with E-state index in [4.69, 9.17) is 11.6 Å². The van der Waals surface area contributed by atoms with Gasteiger partial charge in [0.1, 0.15) is 5.75 Å². The van der Waals surface area contributed by atoms with Gasteiger partial charge in [-0.15, -0.1) is 0 Å². The van der Waals surface area contributed by atoms with Crippen LogP contribution in [0.15, 0.2) is 6.07 Å². The van der Waals surface area contributed by atoms with Crippen molar-refractivity contribution in [3.05, 3.63) is 27.8 Å². The molecule has 1 atom stereocenters. The Morgan fingerprint density at radius 3 is 2.80 bits per heavy atom. The van der Waals surface area contributed by atoms with Gasteiger partial charge >= 0.3 is 0 Å². The molecule has 0 bridgehead atoms. The number of rotatable bonds is 1. The Morgan fingerprint density at radius 2 is 2.20 bits per heavy atom. The molecule has 0 aliphatic carbocycles. The molecule has 2 rings (SSSR count). The van der Waals surface area contributed by atoms with Crippen LogP contribution in [0.3, 0.4) is 0 Å². The number of phenols is 1. The second kappa shape index (κ2) is 4.03. The van der Waals surface area contributed by atoms with Crippen molar-refractivity contribution in [3.63, 3.8) is 0 Å². The van der Waals surface area contributed by atoms with Crippen LogP contribution in [0.2, 0.25) is 5.02 Å². The fourth-order valence-electron chi connectivity index (χ4n) is 2.12. The third kappa shape index (κ3) is 1.84. The number of aryl methyl sites for hydroxylation is 1. The van der Waals surface area contributed by atoms with Crippen LogP contribution in [0, 0.1) is 13.8 Å². The Morgan fingerprint density at radius 1 is 1.47 bits per heavy atom. The zero-order valence-electron chi connectivity index (χ0n) is 9.10. The van der Waals surface area contributed by atoms with Gasteiger partial charge in [-0.05, 0) is 37.9 Å². The summed E-state index contributed by atoms with van der Waals surface area (Å²) in [6.45, 7) is 5.93. The maximum atomic E-state index is 10.0. The van der Waals surface area contributed by atoms with Crippen LogP contribution in [0.25, 0.3) is 0 Å². The van der Waals surface area contributed by atoms with Gasteiger partial charge in [0.15, 0.2) is 0 Å². The number of hydrogen-bond acceptors (Lipinski definition) is 2. The lowest BCUT2D eigenvalue weighted by molar-refractivity contribution is 0.462. The molecule has 1 aliphatic rings. The first-order valence-corrected chi connectivity index (χ1v) is 5.68. The molecule has 3 heteroatoms. The molecule has 1 heterocycles. The van der Waals surface area contributed by atoms with E-state index in [0.717, 1.165) is 36.2 Å². The lowest BCUT2D eigenvalue weighted by Gasteiger charge is -2.15. The average molecular weight is 226 g/mol. The van der Waals surface area contributed by atoms with Crippen LogP contribution in [-0.2, 0) is 0 Å². The number of halogens is 1. The molecule has 0 spiro atoms. The van der Waals surface area contributed by atoms with Crippen LogP contribution in [0.4, 0.5) is 0 Å². The van der Waals surface area contributed by atoms with E-state index in [2.05, 4.69) is 11.4 Å². The maximum Gasteiger partial charge on any atom is 0.137 e. The summed E-state index contributed by atoms with van der Waals surface area (Å²) in [6, 6.07) is 2.06. The van der Waals surface area contributed by atoms with E-state index in [1.807, 2.05) is 13.8 Å². The molecule has 0 aromatic heterocycles. The van der Waals surface area contributed by atoms with E-state index in [-0.39, 0.29) is 5.75 Å². The third-order valence-corrected chi connectivity index (χ3v) is 3.74. The summed E-state index contributed by atoms with van der Waals surface area (Å²) >= 11 is 6.10. The normalized spacial score (nSPS) is 20.9. The van der Waals surface area contributed by atoms with Crippen LogP contribution < -0.4 is 5.32 Å². The molecule has 82 valence electrons. The van der Waals surface area contributed by atoms with Gasteiger partial charge in [-0.3, -0.25) is 0 Å². The Hall–Kier alpha value is -0.730. The highest BCUT2D eigenvalue weighted by atomic mass is 35.5. The van der Waals surface area contributed by atoms with Crippen molar-refractivity contribution < 1.29 is 5.11 Å². The lowest BCUT2D eigenvalue weighted by Crippen LogP contribution is -2.08. The second-order valence-electron chi connectivity index (χ2n) is 4.26. The first-order chi connectivity index (χ1) is 7.11. The molecular weight excluding hydrogens is 210 g/mol. The van der Waals surface area contributed by atoms with E-state index in [0.29, 0.717) is 10.9 Å². The molecule has 1 saturated heterocycles. The van der Waals surface area contributed by atoms with Gasteiger partial charge in [-0.2, -0.15) is 0 Å². The monoisotopic (exact) mass is 225 g/mol. The summed E-state index contributed by atoms with van der Waals surface area (Å²) < 4.78 is 0. The molecule has 1 aromatic carbocycles. The van der Waals surface area contributed by atoms with E-state index in [1.165, 1.54) is 0 Å². The summed E-state index contributed by atoms with van der Waals surface area (Å²) in [5.74, 6) is 0.676. The fourth-order valence-corrected chi connectivity index (χ4v) is 2.38. The Labute approximate surface area is 95.3 Å². The van der Waals surface area contributed by atoms with Crippen molar-refractivity contribution in [2.75, 3.05) is 13.1 Å². The van der Waals surface area contributed by atoms with Crippen LogP contribution >= 0.6 is 11.6 Å². The third-order valence-electron chi connectivity index (χ3n) is 3.27. The predicted octanol–water partition coefficient (Wildman–Crippen LogP) is 2.74. The van der Waals surface area contributed by atoms with Crippen molar-refractivity contribution in [3.8, 4) is 5.75 Å². The van der Waals surface area contributed by atoms with Crippen LogP contribution in [0.1, 0.15) is 29.0 Å². The highest BCUT2D eigenvalue weighted by molar-refractivity contribution is 6.33. The molecule has 15 heavy (non-hydrogen) atoms. The van der Waals surface area contributed by atoms with Crippen molar-refractivity contribution in [2.45, 2.75) is 26.2 Å². The molecule has 1 unspecified atom stereocenters. The summed E-state index contributed by atoms with van der Waals surface area (Å²) in [7, 11) is 0. The number of nitrogens with one attached hydrogen (secondary N) is 1. The Bertz CT molecular complexity index is 384. The zero-order chi connectivity index (χ0) is 11.0. The highest BCUT2D eigenvalue weighted by Crippen LogP contribution is 2.38. The minimum Gasteiger partial charge on any atom is -0.506 e. The van der Waals surface area contributed by atoms with Gasteiger partial charge < -0.3 is 10.4 Å². The summed E-state index contributed by atoms with van der Waals surface area (Å²) in [5.41, 5.74) is 3.12. The zero-order valence-corrected chi connectivity index (χ0v) is 9.86. The standard InChI is InChI=1S/C12H16ClNO/c1-7-5-10(9-3-4-14-6-9)12(15)11(13)8(7)2/h5,9,14-15H,3-4,6H2,1-2H3. The van der Waals surface area contributed by atoms with Gasteiger partial charge in [0.2, 0.25) is 0 Å². The molecule has 1 aromatic rings. The van der Waals surface area contributed by atoms with Crippen LogP contribution in [-0.4, -0.2) is 18.2 Å². The quantitative estimate of drug-likeness (QED) is 0.771. The van der Waals surface area contributed by atoms with Gasteiger partial charge in [0, 0.05) is 18.0 Å². The topological polar surface area (TPSA) is 32.3 Å². The molecule has 1 aliphatic heterocycles. The van der Waals surface area contributed by atoms with Gasteiger partial charge in [0.05, 0.1) is 5.02 Å². The number of hydrogen-bond donors (Lipinski definition) is 2. The number of phenolic OH excluding ortho intramolecular Hbond substituents is 1. The van der Waals surface area contributed by atoms with Crippen molar-refractivity contribution in [1.82, 2.24) is 5.32 Å². The van der Waals surface area contributed by atoms with Gasteiger partial charge in [-0.25, -0.2) is 0 Å². The molecule has 0 radical (unpaired) electrons. The number of aromatic hydroxyl groups is 1. The van der Waals surface area contributed by atoms with Gasteiger partial charge in [-0.1, -0.05) is 17.7 Å². The highest BCUT2D eigenvalue weighted by Gasteiger charge is 2.22. The summed E-state index contributed by atoms with van der Waals surface area (Å²) in [5, 5.41) is 13.8. The Kier molecular flexibility index (Phi) is 2.89. The van der Waals surface area contributed by atoms with Crippen molar-refractivity contribution in [1.29, 1.82) is 0 Å². The molecular formula is C12H16ClNO. The minimum absolute atomic E-state index is 0.272. The van der Waals surface area contributed by atoms with E-state index in [1.54, 1.807) is 0 Å². The van der Waals surface area contributed by atoms with E-state index >= 15 is 0 Å². The second-order valence-corrected chi connectivity index (χ2v) is 4.64. The molecule has 2 nitrogen and oxygen atoms in total.